The van der Waals surface area contributed by atoms with Crippen molar-refractivity contribution in [3.05, 3.63) is 47.9 Å². The lowest BCUT2D eigenvalue weighted by molar-refractivity contribution is -0.131. The standard InChI is InChI=1S/C30H44N4O2/c1-5-29(6-2)15-9-11-23(27(29)35)33-17-13-25(33)31-19-21-32(22-20-31)26-14-18-34(26)24-12-10-16-30(7-3,8-4)28(24)36/h9-12,15-16,25-26H,5-8,13-14,17-22H2,1-4H3. The fraction of sp³-hybridized carbons (Fsp3) is 0.667. The van der Waals surface area contributed by atoms with Gasteiger partial charge in [-0.15, -0.1) is 0 Å². The number of hydrogen-bond acceptors (Lipinski definition) is 6. The summed E-state index contributed by atoms with van der Waals surface area (Å²) in [6, 6.07) is 0. The molecule has 0 spiro atoms. The van der Waals surface area contributed by atoms with Crippen molar-refractivity contribution in [1.82, 2.24) is 19.6 Å². The summed E-state index contributed by atoms with van der Waals surface area (Å²) >= 11 is 0. The molecule has 5 rings (SSSR count). The number of hydrogen-bond donors (Lipinski definition) is 0. The van der Waals surface area contributed by atoms with Gasteiger partial charge in [0.05, 0.1) is 34.6 Å². The van der Waals surface area contributed by atoms with E-state index in [0.717, 1.165) is 89.2 Å². The smallest absolute Gasteiger partial charge is 0.188 e. The van der Waals surface area contributed by atoms with E-state index in [9.17, 15) is 9.59 Å². The van der Waals surface area contributed by atoms with E-state index in [1.54, 1.807) is 0 Å². The number of Topliss-reactive ketones (excluding diaryl/α,β-unsaturated/α-hetero) is 2. The first kappa shape index (κ1) is 25.5. The lowest BCUT2D eigenvalue weighted by Crippen LogP contribution is -2.66. The zero-order valence-electron chi connectivity index (χ0n) is 22.7. The molecule has 0 saturated carbocycles. The predicted octanol–water partition coefficient (Wildman–Crippen LogP) is 4.33. The van der Waals surface area contributed by atoms with Crippen molar-refractivity contribution < 1.29 is 9.59 Å². The van der Waals surface area contributed by atoms with Crippen LogP contribution < -0.4 is 0 Å². The summed E-state index contributed by atoms with van der Waals surface area (Å²) in [6.45, 7) is 14.5. The van der Waals surface area contributed by atoms with Crippen LogP contribution in [0.4, 0.5) is 0 Å². The average Bonchev–Trinajstić information content (AvgIpc) is 2.87. The molecule has 196 valence electrons. The van der Waals surface area contributed by atoms with Gasteiger partial charge in [0.1, 0.15) is 0 Å². The van der Waals surface area contributed by atoms with Gasteiger partial charge in [-0.05, 0) is 50.7 Å². The Bertz CT molecular complexity index is 912. The molecular weight excluding hydrogens is 448 g/mol. The van der Waals surface area contributed by atoms with Crippen LogP contribution in [0.5, 0.6) is 0 Å². The van der Waals surface area contributed by atoms with Crippen molar-refractivity contribution >= 4 is 11.6 Å². The highest BCUT2D eigenvalue weighted by atomic mass is 16.1. The van der Waals surface area contributed by atoms with E-state index in [1.165, 1.54) is 0 Å². The molecule has 3 heterocycles. The first-order valence-electron chi connectivity index (χ1n) is 14.3. The molecule has 3 saturated heterocycles. The predicted molar refractivity (Wildman–Crippen MR) is 144 cm³/mol. The van der Waals surface area contributed by atoms with Crippen molar-refractivity contribution in [2.45, 2.75) is 78.6 Å². The third kappa shape index (κ3) is 3.92. The second kappa shape index (κ2) is 9.94. The zero-order valence-corrected chi connectivity index (χ0v) is 22.7. The second-order valence-electron chi connectivity index (χ2n) is 11.2. The minimum Gasteiger partial charge on any atom is -0.353 e. The van der Waals surface area contributed by atoms with Crippen LogP contribution in [0.3, 0.4) is 0 Å². The molecule has 2 unspecified atom stereocenters. The fourth-order valence-corrected chi connectivity index (χ4v) is 6.93. The van der Waals surface area contributed by atoms with E-state index in [1.807, 2.05) is 12.2 Å². The van der Waals surface area contributed by atoms with E-state index in [-0.39, 0.29) is 10.8 Å². The minimum absolute atomic E-state index is 0.304. The first-order chi connectivity index (χ1) is 17.4. The van der Waals surface area contributed by atoms with Crippen LogP contribution in [0.2, 0.25) is 0 Å². The number of likely N-dealkylation sites (tertiary alicyclic amines) is 2. The molecule has 36 heavy (non-hydrogen) atoms. The summed E-state index contributed by atoms with van der Waals surface area (Å²) in [5, 5.41) is 0. The molecular formula is C30H44N4O2. The van der Waals surface area contributed by atoms with E-state index in [0.29, 0.717) is 23.9 Å². The summed E-state index contributed by atoms with van der Waals surface area (Å²) in [6.07, 6.45) is 18.9. The first-order valence-corrected chi connectivity index (χ1v) is 14.3. The fourth-order valence-electron chi connectivity index (χ4n) is 6.93. The van der Waals surface area contributed by atoms with E-state index in [4.69, 9.17) is 0 Å². The molecule has 0 bridgehead atoms. The number of allylic oxidation sites excluding steroid dienone is 8. The van der Waals surface area contributed by atoms with E-state index in [2.05, 4.69) is 71.6 Å². The monoisotopic (exact) mass is 492 g/mol. The van der Waals surface area contributed by atoms with Crippen LogP contribution in [0.25, 0.3) is 0 Å². The molecule has 0 aromatic rings. The third-order valence-electron chi connectivity index (χ3n) is 10.0. The van der Waals surface area contributed by atoms with E-state index >= 15 is 0 Å². The van der Waals surface area contributed by atoms with Gasteiger partial charge >= 0.3 is 0 Å². The molecule has 0 radical (unpaired) electrons. The number of rotatable bonds is 8. The normalized spacial score (nSPS) is 30.1. The maximum atomic E-state index is 13.4. The molecule has 6 heteroatoms. The van der Waals surface area contributed by atoms with Crippen molar-refractivity contribution in [2.24, 2.45) is 10.8 Å². The van der Waals surface area contributed by atoms with Gasteiger partial charge in [0.2, 0.25) is 0 Å². The van der Waals surface area contributed by atoms with Crippen molar-refractivity contribution in [1.29, 1.82) is 0 Å². The van der Waals surface area contributed by atoms with Crippen molar-refractivity contribution in [2.75, 3.05) is 39.3 Å². The van der Waals surface area contributed by atoms with Crippen LogP contribution in [0, 0.1) is 10.8 Å². The van der Waals surface area contributed by atoms with Crippen LogP contribution in [0.15, 0.2) is 47.9 Å². The molecule has 0 aromatic heterocycles. The van der Waals surface area contributed by atoms with Crippen LogP contribution in [-0.2, 0) is 9.59 Å². The highest BCUT2D eigenvalue weighted by Crippen LogP contribution is 2.41. The second-order valence-corrected chi connectivity index (χ2v) is 11.2. The zero-order chi connectivity index (χ0) is 25.5. The summed E-state index contributed by atoms with van der Waals surface area (Å²) < 4.78 is 0. The highest BCUT2D eigenvalue weighted by Gasteiger charge is 2.46. The number of ketones is 2. The van der Waals surface area contributed by atoms with Gasteiger partial charge in [-0.3, -0.25) is 19.4 Å². The largest absolute Gasteiger partial charge is 0.353 e. The SMILES string of the molecule is CCC1(CC)C=CC=C(N2CCC2N2CCN(C3CCN3C3=CC=CC(CC)(CC)C3=O)CC2)C1=O. The Hall–Kier alpha value is -2.18. The average molecular weight is 493 g/mol. The van der Waals surface area contributed by atoms with Gasteiger partial charge in [0.15, 0.2) is 11.6 Å². The number of carbonyl (C=O) groups is 2. The lowest BCUT2D eigenvalue weighted by Gasteiger charge is -2.55. The Labute approximate surface area is 217 Å². The summed E-state index contributed by atoms with van der Waals surface area (Å²) in [4.78, 5) is 36.7. The Morgan fingerprint density at radius 1 is 0.639 bits per heavy atom. The Morgan fingerprint density at radius 2 is 1.00 bits per heavy atom. The molecule has 6 nitrogen and oxygen atoms in total. The van der Waals surface area contributed by atoms with Crippen LogP contribution >= 0.6 is 0 Å². The summed E-state index contributed by atoms with van der Waals surface area (Å²) in [5.41, 5.74) is 1.17. The maximum Gasteiger partial charge on any atom is 0.188 e. The summed E-state index contributed by atoms with van der Waals surface area (Å²) in [5.74, 6) is 0.608. The van der Waals surface area contributed by atoms with Gasteiger partial charge in [-0.1, -0.05) is 52.0 Å². The van der Waals surface area contributed by atoms with Crippen LogP contribution in [-0.4, -0.2) is 82.8 Å². The lowest BCUT2D eigenvalue weighted by atomic mass is 9.74. The molecule has 0 amide bonds. The van der Waals surface area contributed by atoms with Gasteiger partial charge in [0.25, 0.3) is 0 Å². The Kier molecular flexibility index (Phi) is 7.03. The Balaban J connectivity index is 1.20. The van der Waals surface area contributed by atoms with Crippen molar-refractivity contribution in [3.8, 4) is 0 Å². The number of nitrogens with zero attached hydrogens (tertiary/aromatic N) is 4. The third-order valence-corrected chi connectivity index (χ3v) is 10.0. The molecule has 3 fully saturated rings. The van der Waals surface area contributed by atoms with Crippen molar-refractivity contribution in [3.63, 3.8) is 0 Å². The molecule has 0 aromatic carbocycles. The molecule has 5 aliphatic rings. The number of piperazine rings is 1. The molecule has 2 aliphatic carbocycles. The molecule has 2 atom stereocenters. The van der Waals surface area contributed by atoms with Crippen LogP contribution in [0.1, 0.15) is 66.2 Å². The van der Waals surface area contributed by atoms with Gasteiger partial charge < -0.3 is 9.80 Å². The van der Waals surface area contributed by atoms with E-state index < -0.39 is 0 Å². The minimum atomic E-state index is -0.329. The quantitative estimate of drug-likeness (QED) is 0.503. The van der Waals surface area contributed by atoms with Gasteiger partial charge in [-0.25, -0.2) is 0 Å². The molecule has 0 N–H and O–H groups in total. The Morgan fingerprint density at radius 3 is 1.28 bits per heavy atom. The number of carbonyl (C=O) groups excluding carboxylic acids is 2. The topological polar surface area (TPSA) is 47.1 Å². The maximum absolute atomic E-state index is 13.4. The summed E-state index contributed by atoms with van der Waals surface area (Å²) in [7, 11) is 0. The highest BCUT2D eigenvalue weighted by molar-refractivity contribution is 6.02. The van der Waals surface area contributed by atoms with Gasteiger partial charge in [-0.2, -0.15) is 0 Å². The molecule has 3 aliphatic heterocycles. The van der Waals surface area contributed by atoms with Gasteiger partial charge in [0, 0.05) is 39.3 Å².